The standard InChI is InChI=1S/C23H24FN3O3S/c1-15(16-7-13-19(14-8-16)31(3,29)30)26(2)23(28)22-20-5-4-6-21(20)27(25-22)18-11-9-17(24)10-12-18/h7-15H,4-6H2,1-3H3/t15-/m1/s1. The Kier molecular flexibility index (Phi) is 5.43. The maximum absolute atomic E-state index is 13.3. The van der Waals surface area contributed by atoms with Gasteiger partial charge in [0.25, 0.3) is 5.91 Å². The minimum atomic E-state index is -3.27. The van der Waals surface area contributed by atoms with Crippen molar-refractivity contribution in [2.24, 2.45) is 0 Å². The van der Waals surface area contributed by atoms with Crippen LogP contribution in [-0.2, 0) is 22.7 Å². The van der Waals surface area contributed by atoms with Crippen molar-refractivity contribution in [2.75, 3.05) is 13.3 Å². The van der Waals surface area contributed by atoms with Crippen molar-refractivity contribution >= 4 is 15.7 Å². The average molecular weight is 442 g/mol. The van der Waals surface area contributed by atoms with Crippen LogP contribution in [0.4, 0.5) is 4.39 Å². The van der Waals surface area contributed by atoms with E-state index in [9.17, 15) is 17.6 Å². The number of aromatic nitrogens is 2. The van der Waals surface area contributed by atoms with Crippen molar-refractivity contribution in [3.8, 4) is 5.69 Å². The Morgan fingerprint density at radius 2 is 1.74 bits per heavy atom. The minimum absolute atomic E-state index is 0.196. The molecule has 0 N–H and O–H groups in total. The molecule has 1 aliphatic carbocycles. The zero-order valence-corrected chi connectivity index (χ0v) is 18.5. The third-order valence-electron chi connectivity index (χ3n) is 5.90. The zero-order chi connectivity index (χ0) is 22.3. The number of fused-ring (bicyclic) bond motifs is 1. The van der Waals surface area contributed by atoms with E-state index in [2.05, 4.69) is 5.10 Å². The Bertz CT molecular complexity index is 1230. The monoisotopic (exact) mass is 441 g/mol. The fourth-order valence-corrected chi connectivity index (χ4v) is 4.60. The van der Waals surface area contributed by atoms with Crippen LogP contribution in [-0.4, -0.2) is 42.3 Å². The summed E-state index contributed by atoms with van der Waals surface area (Å²) in [5, 5.41) is 4.60. The number of rotatable bonds is 5. The van der Waals surface area contributed by atoms with Crippen molar-refractivity contribution in [3.05, 3.63) is 76.9 Å². The Balaban J connectivity index is 1.63. The predicted octanol–water partition coefficient (Wildman–Crippen LogP) is 3.74. The number of amides is 1. The number of benzene rings is 2. The molecule has 2 aromatic carbocycles. The van der Waals surface area contributed by atoms with Gasteiger partial charge in [0.05, 0.1) is 16.6 Å². The summed E-state index contributed by atoms with van der Waals surface area (Å²) in [5.41, 5.74) is 3.91. The number of nitrogens with zero attached hydrogens (tertiary/aromatic N) is 3. The largest absolute Gasteiger partial charge is 0.334 e. The molecule has 1 heterocycles. The molecule has 6 nitrogen and oxygen atoms in total. The van der Waals surface area contributed by atoms with E-state index in [1.807, 2.05) is 6.92 Å². The second-order valence-corrected chi connectivity index (χ2v) is 9.96. The molecule has 162 valence electrons. The van der Waals surface area contributed by atoms with Crippen LogP contribution in [0.2, 0.25) is 0 Å². The summed E-state index contributed by atoms with van der Waals surface area (Å²) in [6.07, 6.45) is 3.71. The first-order chi connectivity index (χ1) is 14.7. The van der Waals surface area contributed by atoms with E-state index in [1.54, 1.807) is 53.0 Å². The van der Waals surface area contributed by atoms with E-state index in [4.69, 9.17) is 0 Å². The molecule has 0 radical (unpaired) electrons. The van der Waals surface area contributed by atoms with Gasteiger partial charge in [-0.25, -0.2) is 17.5 Å². The summed E-state index contributed by atoms with van der Waals surface area (Å²) in [5.74, 6) is -0.516. The highest BCUT2D eigenvalue weighted by atomic mass is 32.2. The maximum atomic E-state index is 13.3. The number of carbonyl (C=O) groups is 1. The lowest BCUT2D eigenvalue weighted by atomic mass is 10.1. The van der Waals surface area contributed by atoms with E-state index < -0.39 is 9.84 Å². The lowest BCUT2D eigenvalue weighted by Crippen LogP contribution is -2.30. The maximum Gasteiger partial charge on any atom is 0.274 e. The number of hydrogen-bond donors (Lipinski definition) is 0. The van der Waals surface area contributed by atoms with Crippen molar-refractivity contribution < 1.29 is 17.6 Å². The molecular formula is C23H24FN3O3S. The third kappa shape index (κ3) is 3.99. The van der Waals surface area contributed by atoms with E-state index in [0.717, 1.165) is 41.8 Å². The third-order valence-corrected chi connectivity index (χ3v) is 7.02. The van der Waals surface area contributed by atoms with Gasteiger partial charge in [0.1, 0.15) is 5.82 Å². The van der Waals surface area contributed by atoms with E-state index in [0.29, 0.717) is 5.69 Å². The summed E-state index contributed by atoms with van der Waals surface area (Å²) in [7, 11) is -1.56. The van der Waals surface area contributed by atoms with Gasteiger partial charge in [-0.2, -0.15) is 5.10 Å². The molecule has 0 unspecified atom stereocenters. The summed E-state index contributed by atoms with van der Waals surface area (Å²) >= 11 is 0. The molecule has 0 spiro atoms. The quantitative estimate of drug-likeness (QED) is 0.605. The molecule has 0 fully saturated rings. The number of hydrogen-bond acceptors (Lipinski definition) is 4. The van der Waals surface area contributed by atoms with Gasteiger partial charge in [-0.1, -0.05) is 12.1 Å². The fraction of sp³-hybridized carbons (Fsp3) is 0.304. The molecule has 0 aliphatic heterocycles. The lowest BCUT2D eigenvalue weighted by molar-refractivity contribution is 0.0735. The second kappa shape index (κ2) is 7.92. The first kappa shape index (κ1) is 21.2. The normalized spacial score (nSPS) is 14.3. The molecule has 0 saturated heterocycles. The van der Waals surface area contributed by atoms with Gasteiger partial charge < -0.3 is 4.90 Å². The molecule has 1 amide bonds. The first-order valence-corrected chi connectivity index (χ1v) is 12.0. The molecule has 0 bridgehead atoms. The van der Waals surface area contributed by atoms with Crippen molar-refractivity contribution in [3.63, 3.8) is 0 Å². The molecular weight excluding hydrogens is 417 g/mol. The first-order valence-electron chi connectivity index (χ1n) is 10.1. The number of sulfone groups is 1. The van der Waals surface area contributed by atoms with Crippen molar-refractivity contribution in [2.45, 2.75) is 37.1 Å². The van der Waals surface area contributed by atoms with Crippen LogP contribution in [0.15, 0.2) is 53.4 Å². The topological polar surface area (TPSA) is 72.3 Å². The van der Waals surface area contributed by atoms with Crippen molar-refractivity contribution in [1.82, 2.24) is 14.7 Å². The molecule has 0 saturated carbocycles. The smallest absolute Gasteiger partial charge is 0.274 e. The van der Waals surface area contributed by atoms with Gasteiger partial charge >= 0.3 is 0 Å². The van der Waals surface area contributed by atoms with Gasteiger partial charge in [-0.05, 0) is 68.1 Å². The Labute approximate surface area is 181 Å². The van der Waals surface area contributed by atoms with Crippen LogP contribution < -0.4 is 0 Å². The highest BCUT2D eigenvalue weighted by molar-refractivity contribution is 7.90. The summed E-state index contributed by atoms with van der Waals surface area (Å²) < 4.78 is 38.5. The van der Waals surface area contributed by atoms with Crippen LogP contribution in [0.25, 0.3) is 5.69 Å². The second-order valence-electron chi connectivity index (χ2n) is 7.95. The zero-order valence-electron chi connectivity index (χ0n) is 17.7. The summed E-state index contributed by atoms with van der Waals surface area (Å²) in [4.78, 5) is 15.2. The van der Waals surface area contributed by atoms with Gasteiger partial charge in [0.15, 0.2) is 15.5 Å². The highest BCUT2D eigenvalue weighted by Crippen LogP contribution is 2.30. The van der Waals surface area contributed by atoms with Gasteiger partial charge in [-0.15, -0.1) is 0 Å². The van der Waals surface area contributed by atoms with Crippen LogP contribution >= 0.6 is 0 Å². The molecule has 1 aromatic heterocycles. The highest BCUT2D eigenvalue weighted by Gasteiger charge is 2.30. The van der Waals surface area contributed by atoms with E-state index in [1.165, 1.54) is 18.4 Å². The Hall–Kier alpha value is -3.00. The minimum Gasteiger partial charge on any atom is -0.334 e. The van der Waals surface area contributed by atoms with Gasteiger partial charge in [0, 0.05) is 24.6 Å². The van der Waals surface area contributed by atoms with Crippen LogP contribution in [0.3, 0.4) is 0 Å². The molecule has 4 rings (SSSR count). The molecule has 8 heteroatoms. The van der Waals surface area contributed by atoms with Crippen molar-refractivity contribution in [1.29, 1.82) is 0 Å². The van der Waals surface area contributed by atoms with Gasteiger partial charge in [0.2, 0.25) is 0 Å². The molecule has 3 aromatic rings. The SMILES string of the molecule is C[C@H](c1ccc(S(C)(=O)=O)cc1)N(C)C(=O)c1nn(-c2ccc(F)cc2)c2c1CCC2. The molecule has 31 heavy (non-hydrogen) atoms. The number of carbonyl (C=O) groups excluding carboxylic acids is 1. The van der Waals surface area contributed by atoms with E-state index in [-0.39, 0.29) is 22.7 Å². The average Bonchev–Trinajstić information content (AvgIpc) is 3.35. The number of halogens is 1. The van der Waals surface area contributed by atoms with Gasteiger partial charge in [-0.3, -0.25) is 4.79 Å². The fourth-order valence-electron chi connectivity index (χ4n) is 3.97. The van der Waals surface area contributed by atoms with E-state index >= 15 is 0 Å². The predicted molar refractivity (Wildman–Crippen MR) is 116 cm³/mol. The lowest BCUT2D eigenvalue weighted by Gasteiger charge is -2.25. The van der Waals surface area contributed by atoms with Crippen LogP contribution in [0, 0.1) is 5.82 Å². The Morgan fingerprint density at radius 3 is 2.35 bits per heavy atom. The Morgan fingerprint density at radius 1 is 1.10 bits per heavy atom. The van der Waals surface area contributed by atoms with Crippen LogP contribution in [0.1, 0.15) is 46.7 Å². The summed E-state index contributed by atoms with van der Waals surface area (Å²) in [6, 6.07) is 12.4. The van der Waals surface area contributed by atoms with Crippen LogP contribution in [0.5, 0.6) is 0 Å². The molecule has 1 aliphatic rings. The molecule has 1 atom stereocenters. The summed E-state index contributed by atoms with van der Waals surface area (Å²) in [6.45, 7) is 1.89.